The van der Waals surface area contributed by atoms with E-state index in [1.54, 1.807) is 0 Å². The number of carbonyl (C=O) groups is 1. The van der Waals surface area contributed by atoms with Crippen LogP contribution in [0.5, 0.6) is 0 Å². The number of aliphatic hydroxyl groups excluding tert-OH is 1. The quantitative estimate of drug-likeness (QED) is 0.785. The highest BCUT2D eigenvalue weighted by atomic mass is 16.3. The lowest BCUT2D eigenvalue weighted by molar-refractivity contribution is -0.127. The Kier molecular flexibility index (Phi) is 6.20. The molecule has 1 aliphatic rings. The molecule has 0 saturated heterocycles. The van der Waals surface area contributed by atoms with Crippen molar-refractivity contribution in [3.8, 4) is 0 Å². The summed E-state index contributed by atoms with van der Waals surface area (Å²) in [6, 6.07) is 8.47. The molecule has 2 atom stereocenters. The van der Waals surface area contributed by atoms with Gasteiger partial charge in [-0.15, -0.1) is 0 Å². The largest absolute Gasteiger partial charge is 0.393 e. The Morgan fingerprint density at radius 3 is 2.82 bits per heavy atom. The second-order valence-electron chi connectivity index (χ2n) is 6.33. The van der Waals surface area contributed by atoms with Crippen molar-refractivity contribution in [2.45, 2.75) is 51.7 Å². The Balaban J connectivity index is 2.04. The molecular formula is C19H27NO2. The lowest BCUT2D eigenvalue weighted by Crippen LogP contribution is -2.33. The Bertz CT molecular complexity index is 512. The summed E-state index contributed by atoms with van der Waals surface area (Å²) in [6.45, 7) is 7.12. The Hall–Kier alpha value is -1.61. The molecule has 1 amide bonds. The van der Waals surface area contributed by atoms with E-state index in [9.17, 15) is 9.90 Å². The van der Waals surface area contributed by atoms with Gasteiger partial charge in [-0.3, -0.25) is 4.79 Å². The Labute approximate surface area is 133 Å². The number of aryl methyl sites for hydroxylation is 1. The van der Waals surface area contributed by atoms with E-state index in [0.717, 1.165) is 32.1 Å². The average Bonchev–Trinajstić information content (AvgIpc) is 2.92. The molecule has 2 unspecified atom stereocenters. The minimum Gasteiger partial charge on any atom is -0.393 e. The fourth-order valence-corrected chi connectivity index (χ4v) is 3.28. The van der Waals surface area contributed by atoms with Crippen LogP contribution < -0.4 is 0 Å². The number of aliphatic hydroxyl groups is 1. The summed E-state index contributed by atoms with van der Waals surface area (Å²) in [5.41, 5.74) is 2.49. The van der Waals surface area contributed by atoms with Crippen molar-refractivity contribution in [3.63, 3.8) is 0 Å². The van der Waals surface area contributed by atoms with Crippen LogP contribution in [0.4, 0.5) is 0 Å². The first-order valence-corrected chi connectivity index (χ1v) is 8.29. The van der Waals surface area contributed by atoms with Crippen LogP contribution in [0.1, 0.15) is 43.7 Å². The molecule has 1 aromatic carbocycles. The highest BCUT2D eigenvalue weighted by Gasteiger charge is 2.26. The summed E-state index contributed by atoms with van der Waals surface area (Å²) < 4.78 is 0. The van der Waals surface area contributed by atoms with E-state index in [0.29, 0.717) is 19.0 Å². The number of carbonyl (C=O) groups excluding carboxylic acids is 1. The van der Waals surface area contributed by atoms with Crippen LogP contribution >= 0.6 is 0 Å². The molecule has 1 fully saturated rings. The Morgan fingerprint density at radius 2 is 2.18 bits per heavy atom. The molecule has 3 heteroatoms. The van der Waals surface area contributed by atoms with Crippen molar-refractivity contribution >= 4 is 5.91 Å². The standard InChI is InChI=1S/C19H27NO2/c1-3-6-15-7-5-8-16(11-15)13-20(19(22)4-2)14-17-9-10-18(21)12-17/h4-5,7-8,11,17-18,21H,2-3,6,9-10,12-14H2,1H3. The molecule has 0 heterocycles. The smallest absolute Gasteiger partial charge is 0.246 e. The first-order valence-electron chi connectivity index (χ1n) is 8.29. The van der Waals surface area contributed by atoms with E-state index < -0.39 is 0 Å². The molecular weight excluding hydrogens is 274 g/mol. The third-order valence-electron chi connectivity index (χ3n) is 4.38. The zero-order valence-electron chi connectivity index (χ0n) is 13.5. The van der Waals surface area contributed by atoms with E-state index in [4.69, 9.17) is 0 Å². The minimum absolute atomic E-state index is 0.0257. The van der Waals surface area contributed by atoms with Gasteiger partial charge in [0, 0.05) is 13.1 Å². The van der Waals surface area contributed by atoms with E-state index in [1.165, 1.54) is 17.2 Å². The van der Waals surface area contributed by atoms with Crippen molar-refractivity contribution < 1.29 is 9.90 Å². The number of rotatable bonds is 7. The fraction of sp³-hybridized carbons (Fsp3) is 0.526. The van der Waals surface area contributed by atoms with Crippen LogP contribution in [0, 0.1) is 5.92 Å². The van der Waals surface area contributed by atoms with E-state index in [2.05, 4.69) is 37.8 Å². The van der Waals surface area contributed by atoms with E-state index in [1.807, 2.05) is 4.90 Å². The molecule has 0 bridgehead atoms. The van der Waals surface area contributed by atoms with Crippen LogP contribution in [-0.4, -0.2) is 28.6 Å². The summed E-state index contributed by atoms with van der Waals surface area (Å²) in [5, 5.41) is 9.67. The van der Waals surface area contributed by atoms with Crippen LogP contribution in [-0.2, 0) is 17.8 Å². The van der Waals surface area contributed by atoms with Crippen LogP contribution in [0.25, 0.3) is 0 Å². The predicted octanol–water partition coefficient (Wildman–Crippen LogP) is 3.31. The van der Waals surface area contributed by atoms with Gasteiger partial charge in [0.1, 0.15) is 0 Å². The molecule has 2 rings (SSSR count). The summed E-state index contributed by atoms with van der Waals surface area (Å²) in [4.78, 5) is 14.0. The molecule has 1 aliphatic carbocycles. The summed E-state index contributed by atoms with van der Waals surface area (Å²) >= 11 is 0. The summed E-state index contributed by atoms with van der Waals surface area (Å²) in [7, 11) is 0. The zero-order valence-corrected chi connectivity index (χ0v) is 13.5. The van der Waals surface area contributed by atoms with Gasteiger partial charge in [0.05, 0.1) is 6.10 Å². The first kappa shape index (κ1) is 16.8. The van der Waals surface area contributed by atoms with Crippen LogP contribution in [0.2, 0.25) is 0 Å². The van der Waals surface area contributed by atoms with Crippen LogP contribution in [0.3, 0.4) is 0 Å². The topological polar surface area (TPSA) is 40.5 Å². The van der Waals surface area contributed by atoms with E-state index in [-0.39, 0.29) is 12.0 Å². The molecule has 1 N–H and O–H groups in total. The number of hydrogen-bond donors (Lipinski definition) is 1. The monoisotopic (exact) mass is 301 g/mol. The highest BCUT2D eigenvalue weighted by molar-refractivity contribution is 5.87. The lowest BCUT2D eigenvalue weighted by atomic mass is 10.0. The van der Waals surface area contributed by atoms with Gasteiger partial charge in [0.2, 0.25) is 5.91 Å². The molecule has 0 radical (unpaired) electrons. The van der Waals surface area contributed by atoms with E-state index >= 15 is 0 Å². The van der Waals surface area contributed by atoms with Crippen molar-refractivity contribution in [1.82, 2.24) is 4.90 Å². The van der Waals surface area contributed by atoms with Crippen molar-refractivity contribution in [3.05, 3.63) is 48.0 Å². The molecule has 1 aromatic rings. The minimum atomic E-state index is -0.196. The molecule has 120 valence electrons. The van der Waals surface area contributed by atoms with Gasteiger partial charge in [-0.2, -0.15) is 0 Å². The predicted molar refractivity (Wildman–Crippen MR) is 89.4 cm³/mol. The van der Waals surface area contributed by atoms with Gasteiger partial charge in [0.15, 0.2) is 0 Å². The fourth-order valence-electron chi connectivity index (χ4n) is 3.28. The highest BCUT2D eigenvalue weighted by Crippen LogP contribution is 2.26. The third-order valence-corrected chi connectivity index (χ3v) is 4.38. The van der Waals surface area contributed by atoms with Gasteiger partial charge in [-0.1, -0.05) is 44.2 Å². The average molecular weight is 301 g/mol. The molecule has 0 aromatic heterocycles. The second-order valence-corrected chi connectivity index (χ2v) is 6.33. The maximum absolute atomic E-state index is 12.1. The van der Waals surface area contributed by atoms with Gasteiger partial charge in [-0.05, 0) is 48.8 Å². The van der Waals surface area contributed by atoms with Crippen molar-refractivity contribution in [2.75, 3.05) is 6.54 Å². The lowest BCUT2D eigenvalue weighted by Gasteiger charge is -2.25. The second kappa shape index (κ2) is 8.14. The molecule has 1 saturated carbocycles. The number of hydrogen-bond acceptors (Lipinski definition) is 2. The van der Waals surface area contributed by atoms with Gasteiger partial charge >= 0.3 is 0 Å². The third kappa shape index (κ3) is 4.70. The normalized spacial score (nSPS) is 20.8. The first-order chi connectivity index (χ1) is 10.6. The van der Waals surface area contributed by atoms with Crippen LogP contribution in [0.15, 0.2) is 36.9 Å². The summed E-state index contributed by atoms with van der Waals surface area (Å²) in [5.74, 6) is 0.375. The number of nitrogens with zero attached hydrogens (tertiary/aromatic N) is 1. The van der Waals surface area contributed by atoms with Crippen molar-refractivity contribution in [1.29, 1.82) is 0 Å². The number of benzene rings is 1. The SMILES string of the molecule is C=CC(=O)N(Cc1cccc(CCC)c1)CC1CCC(O)C1. The molecule has 0 spiro atoms. The maximum atomic E-state index is 12.1. The summed E-state index contributed by atoms with van der Waals surface area (Å²) in [6.07, 6.45) is 6.04. The molecule has 0 aliphatic heterocycles. The zero-order chi connectivity index (χ0) is 15.9. The van der Waals surface area contributed by atoms with Gasteiger partial charge < -0.3 is 10.0 Å². The number of amides is 1. The molecule has 3 nitrogen and oxygen atoms in total. The van der Waals surface area contributed by atoms with Gasteiger partial charge in [0.25, 0.3) is 0 Å². The molecule has 22 heavy (non-hydrogen) atoms. The Morgan fingerprint density at radius 1 is 1.41 bits per heavy atom. The van der Waals surface area contributed by atoms with Crippen molar-refractivity contribution in [2.24, 2.45) is 5.92 Å². The van der Waals surface area contributed by atoms with Gasteiger partial charge in [-0.25, -0.2) is 0 Å². The maximum Gasteiger partial charge on any atom is 0.246 e.